The Balaban J connectivity index is 0.000000360. The Kier molecular flexibility index (Phi) is 3.00. The molecule has 0 saturated carbocycles. The van der Waals surface area contributed by atoms with E-state index in [0.717, 1.165) is 4.34 Å². The van der Waals surface area contributed by atoms with Crippen LogP contribution in [0.15, 0.2) is 17.5 Å². The maximum atomic E-state index is 5.47. The van der Waals surface area contributed by atoms with Gasteiger partial charge >= 0.3 is 0 Å². The number of halogens is 1. The van der Waals surface area contributed by atoms with E-state index < -0.39 is 0 Å². The molecule has 0 aliphatic heterocycles. The summed E-state index contributed by atoms with van der Waals surface area (Å²) in [5.74, 6) is 0. The van der Waals surface area contributed by atoms with E-state index in [9.17, 15) is 0 Å². The molecule has 1 aromatic rings. The fraction of sp³-hybridized carbons (Fsp3) is 0. The highest BCUT2D eigenvalue weighted by Crippen LogP contribution is 2.13. The summed E-state index contributed by atoms with van der Waals surface area (Å²) in [5.41, 5.74) is 0. The predicted molar refractivity (Wildman–Crippen MR) is 34.4 cm³/mol. The van der Waals surface area contributed by atoms with Crippen LogP contribution in [0.3, 0.4) is 0 Å². The van der Waals surface area contributed by atoms with Gasteiger partial charge in [0.05, 0.1) is 4.34 Å². The van der Waals surface area contributed by atoms with Crippen molar-refractivity contribution >= 4 is 22.9 Å². The van der Waals surface area contributed by atoms with Crippen LogP contribution in [0.1, 0.15) is 0 Å². The molecular formula is C4H6ClNS. The molecule has 0 atom stereocenters. The molecule has 1 aromatic heterocycles. The normalized spacial score (nSPS) is 7.57. The van der Waals surface area contributed by atoms with Crippen LogP contribution in [0.2, 0.25) is 4.34 Å². The van der Waals surface area contributed by atoms with Crippen molar-refractivity contribution in [1.82, 2.24) is 6.15 Å². The van der Waals surface area contributed by atoms with Crippen LogP contribution in [0.25, 0.3) is 0 Å². The molecule has 0 amide bonds. The molecule has 0 saturated heterocycles. The van der Waals surface area contributed by atoms with Gasteiger partial charge in [0.2, 0.25) is 0 Å². The van der Waals surface area contributed by atoms with Gasteiger partial charge in [0.1, 0.15) is 0 Å². The molecule has 0 radical (unpaired) electrons. The quantitative estimate of drug-likeness (QED) is 0.583. The first-order valence-electron chi connectivity index (χ1n) is 1.58. The van der Waals surface area contributed by atoms with Crippen molar-refractivity contribution in [3.05, 3.63) is 21.8 Å². The molecule has 0 aliphatic rings. The number of thiophene rings is 1. The smallest absolute Gasteiger partial charge is 0.0928 e. The zero-order chi connectivity index (χ0) is 4.41. The molecule has 1 nitrogen and oxygen atoms in total. The van der Waals surface area contributed by atoms with E-state index in [1.165, 1.54) is 0 Å². The molecule has 0 fully saturated rings. The number of rotatable bonds is 0. The van der Waals surface area contributed by atoms with Crippen LogP contribution in [0.5, 0.6) is 0 Å². The molecule has 0 aliphatic carbocycles. The molecule has 0 unspecified atom stereocenters. The fourth-order valence-corrected chi connectivity index (χ4v) is 0.930. The van der Waals surface area contributed by atoms with Gasteiger partial charge in [-0.2, -0.15) is 0 Å². The highest BCUT2D eigenvalue weighted by molar-refractivity contribution is 7.14. The number of hydrogen-bond acceptors (Lipinski definition) is 2. The van der Waals surface area contributed by atoms with Crippen LogP contribution >= 0.6 is 22.9 Å². The lowest BCUT2D eigenvalue weighted by Crippen LogP contribution is -1.29. The molecule has 0 spiro atoms. The Morgan fingerprint density at radius 1 is 1.57 bits per heavy atom. The molecule has 3 heteroatoms. The summed E-state index contributed by atoms with van der Waals surface area (Å²) < 4.78 is 0.856. The standard InChI is InChI=1S/C4H3ClS.H3N/c5-4-2-1-3-6-4;/h1-3H;1H3. The van der Waals surface area contributed by atoms with Crippen molar-refractivity contribution in [2.75, 3.05) is 0 Å². The average molecular weight is 136 g/mol. The van der Waals surface area contributed by atoms with Crippen molar-refractivity contribution in [2.45, 2.75) is 0 Å². The topological polar surface area (TPSA) is 35.0 Å². The lowest BCUT2D eigenvalue weighted by Gasteiger charge is -1.62. The first-order chi connectivity index (χ1) is 2.89. The molecule has 40 valence electrons. The van der Waals surface area contributed by atoms with Crippen LogP contribution in [0, 0.1) is 0 Å². The van der Waals surface area contributed by atoms with Gasteiger partial charge in [-0.3, -0.25) is 0 Å². The van der Waals surface area contributed by atoms with Gasteiger partial charge < -0.3 is 6.15 Å². The highest BCUT2D eigenvalue weighted by atomic mass is 35.5. The molecule has 1 rings (SSSR count). The minimum absolute atomic E-state index is 0. The summed E-state index contributed by atoms with van der Waals surface area (Å²) in [6.07, 6.45) is 0. The Morgan fingerprint density at radius 2 is 2.29 bits per heavy atom. The second-order valence-corrected chi connectivity index (χ2v) is 2.50. The summed E-state index contributed by atoms with van der Waals surface area (Å²) in [4.78, 5) is 0. The van der Waals surface area contributed by atoms with Crippen LogP contribution < -0.4 is 6.15 Å². The molecule has 3 N–H and O–H groups in total. The second-order valence-electron chi connectivity index (χ2n) is 0.917. The SMILES string of the molecule is Clc1cccs1.N. The van der Waals surface area contributed by atoms with E-state index in [0.29, 0.717) is 0 Å². The van der Waals surface area contributed by atoms with E-state index in [1.54, 1.807) is 11.3 Å². The average Bonchev–Trinajstić information content (AvgIpc) is 1.86. The predicted octanol–water partition coefficient (Wildman–Crippen LogP) is 2.56. The largest absolute Gasteiger partial charge is 0.344 e. The maximum absolute atomic E-state index is 5.47. The van der Waals surface area contributed by atoms with Crippen molar-refractivity contribution in [3.63, 3.8) is 0 Å². The minimum atomic E-state index is 0. The summed E-state index contributed by atoms with van der Waals surface area (Å²) >= 11 is 7.02. The third kappa shape index (κ3) is 1.92. The second kappa shape index (κ2) is 3.02. The highest BCUT2D eigenvalue weighted by Gasteiger charge is 1.77. The van der Waals surface area contributed by atoms with Crippen LogP contribution in [-0.4, -0.2) is 0 Å². The Morgan fingerprint density at radius 3 is 2.43 bits per heavy atom. The monoisotopic (exact) mass is 135 g/mol. The van der Waals surface area contributed by atoms with Crippen molar-refractivity contribution in [3.8, 4) is 0 Å². The molecular weight excluding hydrogens is 130 g/mol. The van der Waals surface area contributed by atoms with Gasteiger partial charge in [0.25, 0.3) is 0 Å². The van der Waals surface area contributed by atoms with Gasteiger partial charge in [-0.1, -0.05) is 11.6 Å². The van der Waals surface area contributed by atoms with Gasteiger partial charge in [0, 0.05) is 0 Å². The first-order valence-corrected chi connectivity index (χ1v) is 2.84. The van der Waals surface area contributed by atoms with Gasteiger partial charge in [-0.25, -0.2) is 0 Å². The van der Waals surface area contributed by atoms with E-state index >= 15 is 0 Å². The number of hydrogen-bond donors (Lipinski definition) is 1. The Labute approximate surface area is 51.5 Å². The minimum Gasteiger partial charge on any atom is -0.344 e. The molecule has 0 aromatic carbocycles. The van der Waals surface area contributed by atoms with Crippen molar-refractivity contribution in [1.29, 1.82) is 0 Å². The Hall–Kier alpha value is -0.0500. The zero-order valence-electron chi connectivity index (χ0n) is 3.73. The van der Waals surface area contributed by atoms with Crippen LogP contribution in [0.4, 0.5) is 0 Å². The summed E-state index contributed by atoms with van der Waals surface area (Å²) in [7, 11) is 0. The fourth-order valence-electron chi connectivity index (χ4n) is 0.259. The summed E-state index contributed by atoms with van der Waals surface area (Å²) in [6.45, 7) is 0. The van der Waals surface area contributed by atoms with E-state index in [-0.39, 0.29) is 6.15 Å². The molecule has 7 heavy (non-hydrogen) atoms. The van der Waals surface area contributed by atoms with Crippen molar-refractivity contribution < 1.29 is 0 Å². The third-order valence-corrected chi connectivity index (χ3v) is 1.53. The molecule has 0 bridgehead atoms. The van der Waals surface area contributed by atoms with Crippen LogP contribution in [-0.2, 0) is 0 Å². The van der Waals surface area contributed by atoms with Gasteiger partial charge in [0.15, 0.2) is 0 Å². The Bertz CT molecular complexity index is 115. The summed E-state index contributed by atoms with van der Waals surface area (Å²) in [6, 6.07) is 3.79. The van der Waals surface area contributed by atoms with Gasteiger partial charge in [-0.05, 0) is 17.5 Å². The lowest BCUT2D eigenvalue weighted by molar-refractivity contribution is 2.02. The molecule has 1 heterocycles. The van der Waals surface area contributed by atoms with E-state index in [2.05, 4.69) is 0 Å². The van der Waals surface area contributed by atoms with Crippen molar-refractivity contribution in [2.24, 2.45) is 0 Å². The van der Waals surface area contributed by atoms with Gasteiger partial charge in [-0.15, -0.1) is 11.3 Å². The third-order valence-electron chi connectivity index (χ3n) is 0.486. The maximum Gasteiger partial charge on any atom is 0.0928 e. The zero-order valence-corrected chi connectivity index (χ0v) is 5.30. The first kappa shape index (κ1) is 6.95. The van der Waals surface area contributed by atoms with E-state index in [1.807, 2.05) is 17.5 Å². The summed E-state index contributed by atoms with van der Waals surface area (Å²) in [5, 5.41) is 1.95. The lowest BCUT2D eigenvalue weighted by atomic mass is 10.7. The van der Waals surface area contributed by atoms with E-state index in [4.69, 9.17) is 11.6 Å².